The Labute approximate surface area is 152 Å². The van der Waals surface area contributed by atoms with E-state index in [1.165, 1.54) is 0 Å². The van der Waals surface area contributed by atoms with Crippen LogP contribution in [0, 0.1) is 0 Å². The van der Waals surface area contributed by atoms with Gasteiger partial charge in [-0.25, -0.2) is 4.94 Å². The van der Waals surface area contributed by atoms with Gasteiger partial charge in [0.2, 0.25) is 0 Å². The quantitative estimate of drug-likeness (QED) is 0.309. The molecule has 0 saturated carbocycles. The molecule has 2 heterocycles. The Kier molecular flexibility index (Phi) is 12.4. The van der Waals surface area contributed by atoms with Gasteiger partial charge in [0.25, 0.3) is 0 Å². The summed E-state index contributed by atoms with van der Waals surface area (Å²) in [6.07, 6.45) is 0. The Hall–Kier alpha value is -0.360. The molecule has 25 heavy (non-hydrogen) atoms. The second kappa shape index (κ2) is 14.8. The summed E-state index contributed by atoms with van der Waals surface area (Å²) in [6.45, 7) is 15.4. The average molecular weight is 359 g/mol. The summed E-state index contributed by atoms with van der Waals surface area (Å²) in [5.41, 5.74) is 0. The van der Waals surface area contributed by atoms with Gasteiger partial charge in [0, 0.05) is 105 Å². The molecular weight excluding hydrogens is 320 g/mol. The van der Waals surface area contributed by atoms with Crippen molar-refractivity contribution in [1.82, 2.24) is 42.0 Å². The number of rotatable bonds is 2. The summed E-state index contributed by atoms with van der Waals surface area (Å²) in [4.78, 5) is 6.22. The van der Waals surface area contributed by atoms with E-state index in [2.05, 4.69) is 42.0 Å². The minimum absolute atomic E-state index is 0.892. The molecule has 2 aliphatic rings. The van der Waals surface area contributed by atoms with E-state index in [9.17, 15) is 0 Å². The molecule has 2 aliphatic heterocycles. The van der Waals surface area contributed by atoms with Crippen LogP contribution in [0.5, 0.6) is 0 Å². The summed E-state index contributed by atoms with van der Waals surface area (Å²) >= 11 is 0. The van der Waals surface area contributed by atoms with Gasteiger partial charge >= 0.3 is 0 Å². The average Bonchev–Trinajstić information content (AvgIpc) is 2.59. The van der Waals surface area contributed by atoms with Gasteiger partial charge in [-0.2, -0.15) is 10.1 Å². The molecule has 0 aromatic heterocycles. The van der Waals surface area contributed by atoms with E-state index in [0.717, 1.165) is 105 Å². The van der Waals surface area contributed by atoms with Gasteiger partial charge in [-0.1, -0.05) is 0 Å². The van der Waals surface area contributed by atoms with Crippen molar-refractivity contribution in [3.63, 3.8) is 0 Å². The molecule has 148 valence electrons. The molecule has 0 aromatic carbocycles. The predicted molar refractivity (Wildman–Crippen MR) is 101 cm³/mol. The summed E-state index contributed by atoms with van der Waals surface area (Å²) < 4.78 is 0. The van der Waals surface area contributed by atoms with E-state index in [1.807, 2.05) is 0 Å². The van der Waals surface area contributed by atoms with Crippen molar-refractivity contribution in [3.8, 4) is 0 Å². The number of nitrogens with one attached hydrogen (secondary N) is 6. The first-order valence-electron chi connectivity index (χ1n) is 9.87. The Morgan fingerprint density at radius 1 is 0.360 bits per heavy atom. The van der Waals surface area contributed by atoms with Crippen LogP contribution in [0.25, 0.3) is 0 Å². The van der Waals surface area contributed by atoms with Crippen molar-refractivity contribution in [2.45, 2.75) is 0 Å². The monoisotopic (exact) mass is 358 g/mol. The maximum atomic E-state index is 6.22. The Balaban J connectivity index is 1.75. The number of hydrogen-bond donors (Lipinski definition) is 6. The second-order valence-electron chi connectivity index (χ2n) is 6.44. The summed E-state index contributed by atoms with van der Waals surface area (Å²) in [5, 5.41) is 24.9. The lowest BCUT2D eigenvalue weighted by Gasteiger charge is -2.30. The van der Waals surface area contributed by atoms with Crippen LogP contribution in [0.1, 0.15) is 0 Å². The lowest BCUT2D eigenvalue weighted by atomic mass is 10.4. The summed E-state index contributed by atoms with van der Waals surface area (Å²) in [6, 6.07) is 0. The van der Waals surface area contributed by atoms with Crippen LogP contribution in [-0.4, -0.2) is 115 Å². The molecule has 9 nitrogen and oxygen atoms in total. The van der Waals surface area contributed by atoms with E-state index in [4.69, 9.17) is 4.94 Å². The molecule has 0 amide bonds. The molecule has 2 rings (SSSR count). The highest BCUT2D eigenvalue weighted by molar-refractivity contribution is 4.62. The van der Waals surface area contributed by atoms with Gasteiger partial charge in [-0.15, -0.1) is 0 Å². The molecule has 0 spiro atoms. The smallest absolute Gasteiger partial charge is 0.0385 e. The van der Waals surface area contributed by atoms with E-state index in [1.54, 1.807) is 0 Å². The van der Waals surface area contributed by atoms with Crippen molar-refractivity contribution < 1.29 is 4.94 Å². The van der Waals surface area contributed by atoms with Crippen LogP contribution >= 0.6 is 0 Å². The zero-order valence-electron chi connectivity index (χ0n) is 15.6. The number of nitrogens with zero attached hydrogens (tertiary/aromatic N) is 2. The first-order chi connectivity index (χ1) is 12.4. The van der Waals surface area contributed by atoms with E-state index in [-0.39, 0.29) is 0 Å². The van der Waals surface area contributed by atoms with E-state index >= 15 is 0 Å². The molecule has 9 heteroatoms. The number of hydrogen-bond acceptors (Lipinski definition) is 9. The first kappa shape index (κ1) is 20.9. The van der Waals surface area contributed by atoms with Crippen LogP contribution in [0.15, 0.2) is 0 Å². The van der Waals surface area contributed by atoms with Crippen molar-refractivity contribution in [1.29, 1.82) is 0 Å². The van der Waals surface area contributed by atoms with Crippen LogP contribution in [0.2, 0.25) is 0 Å². The van der Waals surface area contributed by atoms with Gasteiger partial charge in [-0.05, 0) is 0 Å². The molecule has 2 fully saturated rings. The first-order valence-corrected chi connectivity index (χ1v) is 9.87. The van der Waals surface area contributed by atoms with E-state index in [0.29, 0.717) is 0 Å². The van der Waals surface area contributed by atoms with Crippen molar-refractivity contribution in [2.75, 3.05) is 105 Å². The van der Waals surface area contributed by atoms with Crippen molar-refractivity contribution in [2.24, 2.45) is 0 Å². The Bertz CT molecular complexity index is 258. The zero-order chi connectivity index (χ0) is 17.4. The topological polar surface area (TPSA) is 87.9 Å². The molecular formula is C16H38N8O. The molecule has 0 aromatic rings. The maximum absolute atomic E-state index is 6.22. The van der Waals surface area contributed by atoms with Gasteiger partial charge in [0.1, 0.15) is 0 Å². The fraction of sp³-hybridized carbons (Fsp3) is 1.00. The van der Waals surface area contributed by atoms with Crippen LogP contribution in [-0.2, 0) is 4.94 Å². The van der Waals surface area contributed by atoms with Gasteiger partial charge in [0.15, 0.2) is 0 Å². The van der Waals surface area contributed by atoms with Gasteiger partial charge in [-0.3, -0.25) is 0 Å². The molecule has 0 aliphatic carbocycles. The minimum Gasteiger partial charge on any atom is -0.314 e. The molecule has 2 saturated heterocycles. The highest BCUT2D eigenvalue weighted by atomic mass is 16.8. The third kappa shape index (κ3) is 11.1. The standard InChI is InChI=1S/C16H38N8O/c1-5-19-9-13-23(14-10-20-6-2-17-1)25-24-15-11-21-7-3-18-4-8-22-12-16-24/h17-22H,1-16H2. The van der Waals surface area contributed by atoms with Crippen LogP contribution < -0.4 is 31.9 Å². The SMILES string of the molecule is C1CNCCN(ON2CCNCCNCCNCC2)CCNCCN1. The van der Waals surface area contributed by atoms with Crippen LogP contribution in [0.4, 0.5) is 0 Å². The fourth-order valence-electron chi connectivity index (χ4n) is 2.82. The zero-order valence-corrected chi connectivity index (χ0v) is 15.6. The molecule has 0 atom stereocenters. The molecule has 0 unspecified atom stereocenters. The second-order valence-corrected chi connectivity index (χ2v) is 6.44. The molecule has 0 bridgehead atoms. The predicted octanol–water partition coefficient (Wildman–Crippen LogP) is -3.00. The van der Waals surface area contributed by atoms with Gasteiger partial charge < -0.3 is 31.9 Å². The summed E-state index contributed by atoms with van der Waals surface area (Å²) in [5.74, 6) is 0. The number of hydroxylamine groups is 4. The third-order valence-corrected chi connectivity index (χ3v) is 4.30. The maximum Gasteiger partial charge on any atom is 0.0385 e. The summed E-state index contributed by atoms with van der Waals surface area (Å²) in [7, 11) is 0. The Morgan fingerprint density at radius 3 is 0.880 bits per heavy atom. The lowest BCUT2D eigenvalue weighted by molar-refractivity contribution is -0.323. The normalized spacial score (nSPS) is 25.9. The molecule has 0 radical (unpaired) electrons. The highest BCUT2D eigenvalue weighted by Crippen LogP contribution is 1.97. The van der Waals surface area contributed by atoms with Gasteiger partial charge in [0.05, 0.1) is 0 Å². The van der Waals surface area contributed by atoms with Crippen LogP contribution in [0.3, 0.4) is 0 Å². The van der Waals surface area contributed by atoms with Crippen molar-refractivity contribution >= 4 is 0 Å². The lowest BCUT2D eigenvalue weighted by Crippen LogP contribution is -2.47. The Morgan fingerprint density at radius 2 is 0.600 bits per heavy atom. The van der Waals surface area contributed by atoms with E-state index < -0.39 is 0 Å². The largest absolute Gasteiger partial charge is 0.314 e. The molecule has 6 N–H and O–H groups in total. The minimum atomic E-state index is 0.892. The fourth-order valence-corrected chi connectivity index (χ4v) is 2.82. The van der Waals surface area contributed by atoms with Crippen molar-refractivity contribution in [3.05, 3.63) is 0 Å². The highest BCUT2D eigenvalue weighted by Gasteiger charge is 2.13. The third-order valence-electron chi connectivity index (χ3n) is 4.30.